The number of rotatable bonds is 5. The number of hydrogen-bond acceptors (Lipinski definition) is 7. The molecular weight excluding hydrogens is 378 g/mol. The van der Waals surface area contributed by atoms with Crippen LogP contribution in [0.25, 0.3) is 10.6 Å². The van der Waals surface area contributed by atoms with Crippen molar-refractivity contribution in [1.29, 1.82) is 0 Å². The smallest absolute Gasteiger partial charge is 0.329 e. The van der Waals surface area contributed by atoms with E-state index >= 15 is 0 Å². The number of hydroxylamine groups is 1. The summed E-state index contributed by atoms with van der Waals surface area (Å²) in [5.41, 5.74) is 4.36. The number of nitrogens with zero attached hydrogens (tertiary/aromatic N) is 3. The zero-order valence-electron chi connectivity index (χ0n) is 15.4. The Kier molecular flexibility index (Phi) is 6.53. The van der Waals surface area contributed by atoms with Crippen LogP contribution in [0.3, 0.4) is 0 Å². The third-order valence-electron chi connectivity index (χ3n) is 3.56. The van der Waals surface area contributed by atoms with Gasteiger partial charge in [0.15, 0.2) is 0 Å². The zero-order chi connectivity index (χ0) is 19.8. The quantitative estimate of drug-likeness (QED) is 0.387. The molecule has 28 heavy (non-hydrogen) atoms. The number of guanidine groups is 1. The second-order valence-corrected chi connectivity index (χ2v) is 6.55. The number of nitrogens with one attached hydrogen (secondary N) is 2. The number of ether oxygens (including phenoxy) is 1. The van der Waals surface area contributed by atoms with Gasteiger partial charge >= 0.3 is 5.97 Å². The molecule has 0 atom stereocenters. The Morgan fingerprint density at radius 2 is 1.86 bits per heavy atom. The minimum Gasteiger partial charge on any atom is -0.496 e. The standard InChI is InChI=1S/C19H19N5O3S/c1-13(25)27-24-18(20-12-15-10-6-7-11-16(15)26-2)21-19-23-22-17(28-19)14-8-4-3-5-9-14/h3-11H,12H2,1-2H3,(H2,20,21,23,24). The fourth-order valence-electron chi connectivity index (χ4n) is 2.29. The van der Waals surface area contributed by atoms with Crippen molar-refractivity contribution in [3.63, 3.8) is 0 Å². The average Bonchev–Trinajstić information content (AvgIpc) is 3.19. The first kappa shape index (κ1) is 19.3. The molecule has 2 N–H and O–H groups in total. The van der Waals surface area contributed by atoms with Gasteiger partial charge in [0.25, 0.3) is 0 Å². The summed E-state index contributed by atoms with van der Waals surface area (Å²) in [5, 5.41) is 12.6. The highest BCUT2D eigenvalue weighted by Gasteiger charge is 2.10. The van der Waals surface area contributed by atoms with Crippen molar-refractivity contribution in [3.05, 3.63) is 60.2 Å². The maximum atomic E-state index is 11.2. The normalized spacial score (nSPS) is 11.0. The molecule has 0 spiro atoms. The number of anilines is 1. The summed E-state index contributed by atoms with van der Waals surface area (Å²) in [6, 6.07) is 17.3. The van der Waals surface area contributed by atoms with Crippen LogP contribution in [-0.4, -0.2) is 29.2 Å². The van der Waals surface area contributed by atoms with E-state index < -0.39 is 5.97 Å². The molecule has 0 bridgehead atoms. The van der Waals surface area contributed by atoms with Crippen LogP contribution in [-0.2, 0) is 16.2 Å². The van der Waals surface area contributed by atoms with Gasteiger partial charge in [-0.3, -0.25) is 10.1 Å². The second kappa shape index (κ2) is 9.47. The zero-order valence-corrected chi connectivity index (χ0v) is 16.2. The second-order valence-electron chi connectivity index (χ2n) is 5.58. The topological polar surface area (TPSA) is 97.7 Å². The fourth-order valence-corrected chi connectivity index (χ4v) is 3.04. The molecule has 3 rings (SSSR count). The van der Waals surface area contributed by atoms with E-state index in [9.17, 15) is 4.79 Å². The molecule has 0 saturated heterocycles. The van der Waals surface area contributed by atoms with Gasteiger partial charge in [-0.2, -0.15) is 5.48 Å². The largest absolute Gasteiger partial charge is 0.496 e. The summed E-state index contributed by atoms with van der Waals surface area (Å²) < 4.78 is 5.33. The number of aliphatic imine (C=N–C) groups is 1. The van der Waals surface area contributed by atoms with Crippen LogP contribution in [0.2, 0.25) is 0 Å². The monoisotopic (exact) mass is 397 g/mol. The van der Waals surface area contributed by atoms with Crippen molar-refractivity contribution in [2.75, 3.05) is 12.4 Å². The van der Waals surface area contributed by atoms with Crippen molar-refractivity contribution in [1.82, 2.24) is 15.7 Å². The SMILES string of the molecule is COc1ccccc1CN=C(NOC(C)=O)Nc1nnc(-c2ccccc2)s1. The summed E-state index contributed by atoms with van der Waals surface area (Å²) in [4.78, 5) is 20.4. The van der Waals surface area contributed by atoms with Gasteiger partial charge in [-0.1, -0.05) is 59.9 Å². The minimum absolute atomic E-state index is 0.233. The van der Waals surface area contributed by atoms with Gasteiger partial charge in [-0.25, -0.2) is 4.99 Å². The third-order valence-corrected chi connectivity index (χ3v) is 4.45. The summed E-state index contributed by atoms with van der Waals surface area (Å²) in [6.45, 7) is 1.61. The van der Waals surface area contributed by atoms with Gasteiger partial charge in [-0.05, 0) is 6.07 Å². The Bertz CT molecular complexity index is 959. The van der Waals surface area contributed by atoms with Crippen molar-refractivity contribution in [2.45, 2.75) is 13.5 Å². The fraction of sp³-hybridized carbons (Fsp3) is 0.158. The van der Waals surface area contributed by atoms with Gasteiger partial charge in [0.2, 0.25) is 11.1 Å². The van der Waals surface area contributed by atoms with E-state index in [1.807, 2.05) is 54.6 Å². The van der Waals surface area contributed by atoms with Crippen LogP contribution in [0.4, 0.5) is 5.13 Å². The number of hydrogen-bond donors (Lipinski definition) is 2. The molecule has 0 unspecified atom stereocenters. The van der Waals surface area contributed by atoms with E-state index in [0.717, 1.165) is 21.9 Å². The van der Waals surface area contributed by atoms with Gasteiger partial charge in [0.1, 0.15) is 10.8 Å². The summed E-state index contributed by atoms with van der Waals surface area (Å²) in [6.07, 6.45) is 0. The minimum atomic E-state index is -0.492. The Morgan fingerprint density at radius 3 is 2.61 bits per heavy atom. The molecule has 1 heterocycles. The van der Waals surface area contributed by atoms with Gasteiger partial charge in [-0.15, -0.1) is 10.2 Å². The molecule has 0 fully saturated rings. The number of benzene rings is 2. The van der Waals surface area contributed by atoms with Crippen LogP contribution in [0.15, 0.2) is 59.6 Å². The lowest BCUT2D eigenvalue weighted by Gasteiger charge is -2.10. The highest BCUT2D eigenvalue weighted by Crippen LogP contribution is 2.26. The molecule has 0 saturated carbocycles. The first-order chi connectivity index (χ1) is 13.7. The third kappa shape index (κ3) is 5.27. The van der Waals surface area contributed by atoms with E-state index in [2.05, 4.69) is 26.0 Å². The van der Waals surface area contributed by atoms with Crippen molar-refractivity contribution in [2.24, 2.45) is 4.99 Å². The summed E-state index contributed by atoms with van der Waals surface area (Å²) in [5.74, 6) is 0.464. The molecule has 0 aliphatic carbocycles. The van der Waals surface area contributed by atoms with Crippen LogP contribution in [0.5, 0.6) is 5.75 Å². The van der Waals surface area contributed by atoms with E-state index in [1.165, 1.54) is 18.3 Å². The first-order valence-electron chi connectivity index (χ1n) is 8.41. The van der Waals surface area contributed by atoms with E-state index in [1.54, 1.807) is 7.11 Å². The number of para-hydroxylation sites is 1. The maximum absolute atomic E-state index is 11.2. The van der Waals surface area contributed by atoms with Crippen LogP contribution < -0.4 is 15.5 Å². The first-order valence-corrected chi connectivity index (χ1v) is 9.23. The van der Waals surface area contributed by atoms with E-state index in [4.69, 9.17) is 9.57 Å². The summed E-state index contributed by atoms with van der Waals surface area (Å²) >= 11 is 1.36. The Hall–Kier alpha value is -3.46. The Morgan fingerprint density at radius 1 is 1.11 bits per heavy atom. The number of aromatic nitrogens is 2. The van der Waals surface area contributed by atoms with Crippen molar-refractivity contribution >= 4 is 28.4 Å². The molecule has 8 nitrogen and oxygen atoms in total. The lowest BCUT2D eigenvalue weighted by molar-refractivity contribution is -0.145. The lowest BCUT2D eigenvalue weighted by Crippen LogP contribution is -2.32. The van der Waals surface area contributed by atoms with Crippen molar-refractivity contribution < 1.29 is 14.4 Å². The Labute approximate surface area is 166 Å². The molecule has 0 aliphatic rings. The summed E-state index contributed by atoms with van der Waals surface area (Å²) in [7, 11) is 1.60. The average molecular weight is 397 g/mol. The molecule has 144 valence electrons. The van der Waals surface area contributed by atoms with Crippen LogP contribution >= 0.6 is 11.3 Å². The highest BCUT2D eigenvalue weighted by atomic mass is 32.1. The molecule has 0 amide bonds. The predicted molar refractivity (Wildman–Crippen MR) is 108 cm³/mol. The number of carbonyl (C=O) groups is 1. The lowest BCUT2D eigenvalue weighted by atomic mass is 10.2. The van der Waals surface area contributed by atoms with E-state index in [-0.39, 0.29) is 5.96 Å². The predicted octanol–water partition coefficient (Wildman–Crippen LogP) is 3.25. The maximum Gasteiger partial charge on any atom is 0.329 e. The molecular formula is C19H19N5O3S. The molecule has 2 aromatic carbocycles. The molecule has 9 heteroatoms. The molecule has 3 aromatic rings. The van der Waals surface area contributed by atoms with Gasteiger partial charge in [0.05, 0.1) is 13.7 Å². The molecule has 0 radical (unpaired) electrons. The highest BCUT2D eigenvalue weighted by molar-refractivity contribution is 7.18. The van der Waals surface area contributed by atoms with Gasteiger partial charge in [0, 0.05) is 18.1 Å². The van der Waals surface area contributed by atoms with Crippen LogP contribution in [0.1, 0.15) is 12.5 Å². The van der Waals surface area contributed by atoms with Crippen molar-refractivity contribution in [3.8, 4) is 16.3 Å². The van der Waals surface area contributed by atoms with E-state index in [0.29, 0.717) is 11.7 Å². The Balaban J connectivity index is 1.76. The van der Waals surface area contributed by atoms with Crippen LogP contribution in [0, 0.1) is 0 Å². The molecule has 1 aromatic heterocycles. The molecule has 0 aliphatic heterocycles. The number of methoxy groups -OCH3 is 1. The van der Waals surface area contributed by atoms with Gasteiger partial charge < -0.3 is 9.57 Å². The number of carbonyl (C=O) groups excluding carboxylic acids is 1.